The Balaban J connectivity index is 1.19. The zero-order valence-electron chi connectivity index (χ0n) is 20.6. The van der Waals surface area contributed by atoms with Crippen molar-refractivity contribution in [3.05, 3.63) is 96.6 Å². The highest BCUT2D eigenvalue weighted by Gasteiger charge is 2.16. The van der Waals surface area contributed by atoms with E-state index in [9.17, 15) is 0 Å². The topological polar surface area (TPSA) is 60.9 Å². The Morgan fingerprint density at radius 2 is 1.58 bits per heavy atom. The lowest BCUT2D eigenvalue weighted by Crippen LogP contribution is -2.36. The first-order valence-electron chi connectivity index (χ1n) is 12.7. The van der Waals surface area contributed by atoms with Crippen LogP contribution in [0.1, 0.15) is 18.4 Å². The summed E-state index contributed by atoms with van der Waals surface area (Å²) < 4.78 is 2.35. The molecule has 182 valence electrons. The maximum absolute atomic E-state index is 4.56. The Morgan fingerprint density at radius 1 is 0.861 bits per heavy atom. The normalized spacial score (nSPS) is 14.8. The molecule has 6 rings (SSSR count). The first-order valence-corrected chi connectivity index (χ1v) is 12.7. The van der Waals surface area contributed by atoms with Crippen LogP contribution in [0.3, 0.4) is 0 Å². The largest absolute Gasteiger partial charge is 0.382 e. The summed E-state index contributed by atoms with van der Waals surface area (Å²) in [6.45, 7) is 3.11. The van der Waals surface area contributed by atoms with Gasteiger partial charge in [-0.15, -0.1) is 0 Å². The number of benzene rings is 3. The summed E-state index contributed by atoms with van der Waals surface area (Å²) in [6, 6.07) is 32.5. The number of rotatable bonds is 7. The molecule has 6 heteroatoms. The van der Waals surface area contributed by atoms with Gasteiger partial charge in [0.1, 0.15) is 0 Å². The first-order chi connectivity index (χ1) is 17.7. The summed E-state index contributed by atoms with van der Waals surface area (Å²) in [5, 5.41) is 16.2. The lowest BCUT2D eigenvalue weighted by molar-refractivity contribution is 0.264. The van der Waals surface area contributed by atoms with Gasteiger partial charge in [-0.3, -0.25) is 5.10 Å². The van der Waals surface area contributed by atoms with E-state index in [-0.39, 0.29) is 0 Å². The SMILES string of the molecule is CN1CCC(Nc2ccc(Nc3cc(-c4cc5ccccc5n4Cc4ccccc4)[nH]n3)cc2)CC1. The van der Waals surface area contributed by atoms with E-state index < -0.39 is 0 Å². The highest BCUT2D eigenvalue weighted by atomic mass is 15.2. The van der Waals surface area contributed by atoms with Crippen molar-refractivity contribution >= 4 is 28.1 Å². The molecule has 2 aromatic heterocycles. The minimum Gasteiger partial charge on any atom is -0.382 e. The number of para-hydroxylation sites is 1. The standard InChI is InChI=1S/C30H32N6/c1-35-17-15-26(16-18-35)31-24-11-13-25(14-12-24)32-30-20-27(33-34-30)29-19-23-9-5-6-10-28(23)36(29)21-22-7-3-2-4-8-22/h2-14,19-20,26,31H,15-18,21H2,1H3,(H2,32,33,34). The predicted molar refractivity (Wildman–Crippen MR) is 149 cm³/mol. The summed E-state index contributed by atoms with van der Waals surface area (Å²) in [6.07, 6.45) is 2.38. The molecular weight excluding hydrogens is 444 g/mol. The van der Waals surface area contributed by atoms with Gasteiger partial charge in [-0.05, 0) is 74.9 Å². The van der Waals surface area contributed by atoms with Gasteiger partial charge in [0.05, 0.1) is 11.4 Å². The van der Waals surface area contributed by atoms with Crippen molar-refractivity contribution in [2.24, 2.45) is 0 Å². The van der Waals surface area contributed by atoms with E-state index >= 15 is 0 Å². The molecule has 0 bridgehead atoms. The van der Waals surface area contributed by atoms with E-state index in [1.807, 2.05) is 0 Å². The van der Waals surface area contributed by atoms with E-state index in [1.165, 1.54) is 35.0 Å². The van der Waals surface area contributed by atoms with Crippen LogP contribution in [-0.2, 0) is 6.54 Å². The van der Waals surface area contributed by atoms with Crippen LogP contribution in [-0.4, -0.2) is 45.8 Å². The van der Waals surface area contributed by atoms with Crippen LogP contribution in [0.5, 0.6) is 0 Å². The molecule has 1 fully saturated rings. The fraction of sp³-hybridized carbons (Fsp3) is 0.233. The number of fused-ring (bicyclic) bond motifs is 1. The zero-order chi connectivity index (χ0) is 24.3. The molecule has 0 radical (unpaired) electrons. The number of nitrogens with one attached hydrogen (secondary N) is 3. The van der Waals surface area contributed by atoms with Gasteiger partial charge in [0, 0.05) is 40.9 Å². The van der Waals surface area contributed by atoms with E-state index in [0.29, 0.717) is 6.04 Å². The highest BCUT2D eigenvalue weighted by Crippen LogP contribution is 2.30. The number of likely N-dealkylation sites (tertiary alicyclic amines) is 1. The summed E-state index contributed by atoms with van der Waals surface area (Å²) in [7, 11) is 2.19. The molecule has 3 heterocycles. The molecule has 0 amide bonds. The summed E-state index contributed by atoms with van der Waals surface area (Å²) in [5.74, 6) is 0.803. The maximum atomic E-state index is 4.56. The zero-order valence-corrected chi connectivity index (χ0v) is 20.6. The van der Waals surface area contributed by atoms with Crippen molar-refractivity contribution in [3.63, 3.8) is 0 Å². The fourth-order valence-electron chi connectivity index (χ4n) is 5.07. The molecule has 3 aromatic carbocycles. The third kappa shape index (κ3) is 4.86. The summed E-state index contributed by atoms with van der Waals surface area (Å²) in [4.78, 5) is 2.39. The molecule has 1 aliphatic rings. The second-order valence-electron chi connectivity index (χ2n) is 9.75. The predicted octanol–water partition coefficient (Wildman–Crippen LogP) is 6.33. The number of piperidine rings is 1. The molecule has 36 heavy (non-hydrogen) atoms. The van der Waals surface area contributed by atoms with Crippen LogP contribution in [0.2, 0.25) is 0 Å². The molecule has 3 N–H and O–H groups in total. The molecule has 0 atom stereocenters. The van der Waals surface area contributed by atoms with Gasteiger partial charge in [-0.25, -0.2) is 0 Å². The molecule has 1 saturated heterocycles. The van der Waals surface area contributed by atoms with E-state index in [2.05, 4.69) is 128 Å². The van der Waals surface area contributed by atoms with Crippen molar-refractivity contribution in [3.8, 4) is 11.4 Å². The van der Waals surface area contributed by atoms with Crippen LogP contribution in [0.4, 0.5) is 17.2 Å². The average Bonchev–Trinajstić information content (AvgIpc) is 3.52. The van der Waals surface area contributed by atoms with E-state index in [4.69, 9.17) is 0 Å². The third-order valence-electron chi connectivity index (χ3n) is 7.09. The number of nitrogens with zero attached hydrogens (tertiary/aromatic N) is 3. The minimum absolute atomic E-state index is 0.552. The fourth-order valence-corrected chi connectivity index (χ4v) is 5.07. The van der Waals surface area contributed by atoms with Crippen molar-refractivity contribution in [1.82, 2.24) is 19.7 Å². The molecule has 0 saturated carbocycles. The maximum Gasteiger partial charge on any atom is 0.152 e. The minimum atomic E-state index is 0.552. The van der Waals surface area contributed by atoms with Crippen LogP contribution in [0, 0.1) is 0 Å². The Labute approximate surface area is 212 Å². The van der Waals surface area contributed by atoms with Gasteiger partial charge < -0.3 is 20.1 Å². The monoisotopic (exact) mass is 476 g/mol. The molecule has 6 nitrogen and oxygen atoms in total. The number of anilines is 3. The van der Waals surface area contributed by atoms with Crippen molar-refractivity contribution in [2.75, 3.05) is 30.8 Å². The lowest BCUT2D eigenvalue weighted by atomic mass is 10.1. The third-order valence-corrected chi connectivity index (χ3v) is 7.09. The number of aromatic nitrogens is 3. The lowest BCUT2D eigenvalue weighted by Gasteiger charge is -2.30. The highest BCUT2D eigenvalue weighted by molar-refractivity contribution is 5.87. The second kappa shape index (κ2) is 9.91. The van der Waals surface area contributed by atoms with Gasteiger partial charge in [0.2, 0.25) is 0 Å². The van der Waals surface area contributed by atoms with Gasteiger partial charge in [-0.2, -0.15) is 5.10 Å². The van der Waals surface area contributed by atoms with Gasteiger partial charge in [0.15, 0.2) is 5.82 Å². The Kier molecular flexibility index (Phi) is 6.18. The van der Waals surface area contributed by atoms with Crippen molar-refractivity contribution in [2.45, 2.75) is 25.4 Å². The van der Waals surface area contributed by atoms with Crippen LogP contribution in [0.15, 0.2) is 91.0 Å². The average molecular weight is 477 g/mol. The second-order valence-corrected chi connectivity index (χ2v) is 9.75. The molecule has 1 aliphatic heterocycles. The molecule has 5 aromatic rings. The van der Waals surface area contributed by atoms with Crippen molar-refractivity contribution < 1.29 is 0 Å². The van der Waals surface area contributed by atoms with Gasteiger partial charge >= 0.3 is 0 Å². The summed E-state index contributed by atoms with van der Waals surface area (Å²) >= 11 is 0. The smallest absolute Gasteiger partial charge is 0.152 e. The van der Waals surface area contributed by atoms with Crippen LogP contribution >= 0.6 is 0 Å². The number of aromatic amines is 1. The quantitative estimate of drug-likeness (QED) is 0.257. The van der Waals surface area contributed by atoms with E-state index in [1.54, 1.807) is 0 Å². The number of hydrogen-bond donors (Lipinski definition) is 3. The summed E-state index contributed by atoms with van der Waals surface area (Å²) in [5.41, 5.74) is 6.79. The molecule has 0 spiro atoms. The van der Waals surface area contributed by atoms with Gasteiger partial charge in [-0.1, -0.05) is 48.5 Å². The first kappa shape index (κ1) is 22.4. The Morgan fingerprint density at radius 3 is 2.39 bits per heavy atom. The van der Waals surface area contributed by atoms with Crippen LogP contribution in [0.25, 0.3) is 22.3 Å². The van der Waals surface area contributed by atoms with E-state index in [0.717, 1.165) is 42.5 Å². The molecule has 0 aliphatic carbocycles. The Hall–Kier alpha value is -4.03. The Bertz CT molecular complexity index is 1430. The van der Waals surface area contributed by atoms with Crippen LogP contribution < -0.4 is 10.6 Å². The van der Waals surface area contributed by atoms with Gasteiger partial charge in [0.25, 0.3) is 0 Å². The molecular formula is C30H32N6. The number of H-pyrrole nitrogens is 1. The molecule has 0 unspecified atom stereocenters. The van der Waals surface area contributed by atoms with Crippen molar-refractivity contribution in [1.29, 1.82) is 0 Å². The number of hydrogen-bond acceptors (Lipinski definition) is 4.